The number of hydrogen-bond donors (Lipinski definition) is 1. The van der Waals surface area contributed by atoms with Crippen molar-refractivity contribution in [2.45, 2.75) is 32.4 Å². The molecule has 0 amide bonds. The quantitative estimate of drug-likeness (QED) is 0.832. The first-order valence-electron chi connectivity index (χ1n) is 5.83. The fraction of sp³-hybridized carbons (Fsp3) is 0.545. The number of tetrazole rings is 1. The summed E-state index contributed by atoms with van der Waals surface area (Å²) in [5.74, 6) is 0.707. The zero-order chi connectivity index (χ0) is 12.3. The van der Waals surface area contributed by atoms with Crippen molar-refractivity contribution in [3.8, 4) is 0 Å². The number of hydrogen-bond acceptors (Lipinski definition) is 4. The topological polar surface area (TPSA) is 74.6 Å². The minimum absolute atomic E-state index is 0.121. The Labute approximate surface area is 100 Å². The fourth-order valence-electron chi connectivity index (χ4n) is 1.80. The van der Waals surface area contributed by atoms with E-state index in [1.54, 1.807) is 7.05 Å². The lowest BCUT2D eigenvalue weighted by molar-refractivity contribution is 0.623. The third kappa shape index (κ3) is 2.91. The summed E-state index contributed by atoms with van der Waals surface area (Å²) < 4.78 is 2.03. The summed E-state index contributed by atoms with van der Waals surface area (Å²) in [4.78, 5) is 1.46. The Hall–Kier alpha value is -1.69. The minimum atomic E-state index is 0.121. The number of rotatable bonds is 5. The van der Waals surface area contributed by atoms with Gasteiger partial charge in [0, 0.05) is 18.4 Å². The number of aryl methyl sites for hydroxylation is 1. The van der Waals surface area contributed by atoms with Gasteiger partial charge in [0.25, 0.3) is 0 Å². The number of aromatic nitrogens is 5. The van der Waals surface area contributed by atoms with Gasteiger partial charge in [-0.2, -0.15) is 4.80 Å². The summed E-state index contributed by atoms with van der Waals surface area (Å²) in [7, 11) is 1.76. The summed E-state index contributed by atoms with van der Waals surface area (Å²) in [6, 6.07) is 2.17. The van der Waals surface area contributed by atoms with Crippen LogP contribution >= 0.6 is 0 Å². The van der Waals surface area contributed by atoms with Gasteiger partial charge in [0.15, 0.2) is 5.82 Å². The first-order valence-corrected chi connectivity index (χ1v) is 5.83. The zero-order valence-corrected chi connectivity index (χ0v) is 10.2. The molecule has 6 heteroatoms. The van der Waals surface area contributed by atoms with Crippen LogP contribution in [0.4, 0.5) is 0 Å². The molecular weight excluding hydrogens is 216 g/mol. The van der Waals surface area contributed by atoms with Crippen LogP contribution in [0.15, 0.2) is 18.5 Å². The molecule has 0 aliphatic heterocycles. The molecule has 2 heterocycles. The van der Waals surface area contributed by atoms with Crippen molar-refractivity contribution < 1.29 is 0 Å². The van der Waals surface area contributed by atoms with E-state index >= 15 is 0 Å². The van der Waals surface area contributed by atoms with Crippen molar-refractivity contribution in [3.63, 3.8) is 0 Å². The molecule has 0 aliphatic carbocycles. The largest absolute Gasteiger partial charge is 0.346 e. The van der Waals surface area contributed by atoms with Crippen molar-refractivity contribution in [1.29, 1.82) is 0 Å². The maximum atomic E-state index is 6.06. The van der Waals surface area contributed by atoms with E-state index in [0.29, 0.717) is 12.4 Å². The molecule has 2 rings (SSSR count). The molecule has 0 spiro atoms. The van der Waals surface area contributed by atoms with Crippen LogP contribution < -0.4 is 5.73 Å². The second-order valence-electron chi connectivity index (χ2n) is 4.21. The molecule has 0 radical (unpaired) electrons. The Morgan fingerprint density at radius 2 is 2.29 bits per heavy atom. The van der Waals surface area contributed by atoms with Gasteiger partial charge in [0.1, 0.15) is 0 Å². The third-order valence-corrected chi connectivity index (χ3v) is 2.67. The molecule has 92 valence electrons. The standard InChI is InChI=1S/C11H18N6/c1-3-4-10(12)9-5-6-17(7-9)8-11-13-15-16(2)14-11/h5-7,10H,3-4,8,12H2,1-2H3. The number of nitrogens with zero attached hydrogens (tertiary/aromatic N) is 5. The lowest BCUT2D eigenvalue weighted by Gasteiger charge is -2.07. The van der Waals surface area contributed by atoms with E-state index < -0.39 is 0 Å². The molecule has 0 fully saturated rings. The summed E-state index contributed by atoms with van der Waals surface area (Å²) >= 11 is 0. The van der Waals surface area contributed by atoms with Gasteiger partial charge >= 0.3 is 0 Å². The van der Waals surface area contributed by atoms with Crippen molar-refractivity contribution in [3.05, 3.63) is 29.8 Å². The first kappa shape index (κ1) is 11.8. The van der Waals surface area contributed by atoms with Crippen molar-refractivity contribution >= 4 is 0 Å². The van der Waals surface area contributed by atoms with Crippen molar-refractivity contribution in [2.75, 3.05) is 0 Å². The van der Waals surface area contributed by atoms with Gasteiger partial charge < -0.3 is 10.3 Å². The van der Waals surface area contributed by atoms with Gasteiger partial charge in [-0.15, -0.1) is 10.2 Å². The first-order chi connectivity index (χ1) is 8.19. The highest BCUT2D eigenvalue weighted by atomic mass is 15.6. The zero-order valence-electron chi connectivity index (χ0n) is 10.2. The minimum Gasteiger partial charge on any atom is -0.346 e. The molecule has 1 unspecified atom stereocenters. The van der Waals surface area contributed by atoms with E-state index in [0.717, 1.165) is 18.4 Å². The average molecular weight is 234 g/mol. The number of nitrogens with two attached hydrogens (primary N) is 1. The molecule has 2 aromatic rings. The molecule has 0 saturated carbocycles. The summed E-state index contributed by atoms with van der Waals surface area (Å²) in [6.07, 6.45) is 6.16. The average Bonchev–Trinajstić information content (AvgIpc) is 2.89. The smallest absolute Gasteiger partial charge is 0.194 e. The van der Waals surface area contributed by atoms with Crippen molar-refractivity contribution in [1.82, 2.24) is 24.8 Å². The van der Waals surface area contributed by atoms with Crippen LogP contribution in [0, 0.1) is 0 Å². The van der Waals surface area contributed by atoms with Gasteiger partial charge in [0.05, 0.1) is 13.6 Å². The predicted molar refractivity (Wildman–Crippen MR) is 64.2 cm³/mol. The summed E-state index contributed by atoms with van der Waals surface area (Å²) in [5, 5.41) is 11.9. The highest BCUT2D eigenvalue weighted by Crippen LogP contribution is 2.16. The highest BCUT2D eigenvalue weighted by Gasteiger charge is 2.07. The molecule has 0 bridgehead atoms. The van der Waals surface area contributed by atoms with E-state index in [9.17, 15) is 0 Å². The molecule has 1 atom stereocenters. The molecule has 0 aliphatic rings. The molecule has 17 heavy (non-hydrogen) atoms. The molecule has 2 N–H and O–H groups in total. The summed E-state index contributed by atoms with van der Waals surface area (Å²) in [5.41, 5.74) is 7.22. The van der Waals surface area contributed by atoms with Crippen LogP contribution in [-0.2, 0) is 13.6 Å². The molecule has 2 aromatic heterocycles. The van der Waals surface area contributed by atoms with E-state index in [4.69, 9.17) is 5.73 Å². The Morgan fingerprint density at radius 3 is 2.94 bits per heavy atom. The second kappa shape index (κ2) is 5.09. The Morgan fingerprint density at radius 1 is 1.47 bits per heavy atom. The van der Waals surface area contributed by atoms with Gasteiger partial charge in [-0.05, 0) is 23.3 Å². The fourth-order valence-corrected chi connectivity index (χ4v) is 1.80. The van der Waals surface area contributed by atoms with Crippen LogP contribution in [0.2, 0.25) is 0 Å². The Balaban J connectivity index is 2.03. The van der Waals surface area contributed by atoms with Crippen LogP contribution in [0.25, 0.3) is 0 Å². The van der Waals surface area contributed by atoms with E-state index in [-0.39, 0.29) is 6.04 Å². The maximum absolute atomic E-state index is 6.06. The summed E-state index contributed by atoms with van der Waals surface area (Å²) in [6.45, 7) is 2.77. The van der Waals surface area contributed by atoms with Gasteiger partial charge in [-0.25, -0.2) is 0 Å². The van der Waals surface area contributed by atoms with Crippen molar-refractivity contribution in [2.24, 2.45) is 12.8 Å². The van der Waals surface area contributed by atoms with Gasteiger partial charge in [0.2, 0.25) is 0 Å². The third-order valence-electron chi connectivity index (χ3n) is 2.67. The van der Waals surface area contributed by atoms with Gasteiger partial charge in [-0.1, -0.05) is 13.3 Å². The lowest BCUT2D eigenvalue weighted by Crippen LogP contribution is -2.09. The van der Waals surface area contributed by atoms with Crippen LogP contribution in [0.1, 0.15) is 37.2 Å². The highest BCUT2D eigenvalue weighted by molar-refractivity contribution is 5.15. The van der Waals surface area contributed by atoms with Crippen LogP contribution in [0.5, 0.6) is 0 Å². The SMILES string of the molecule is CCCC(N)c1ccn(Cc2nnn(C)n2)c1. The normalized spacial score (nSPS) is 12.9. The Kier molecular flexibility index (Phi) is 3.53. The monoisotopic (exact) mass is 234 g/mol. The molecular formula is C11H18N6. The maximum Gasteiger partial charge on any atom is 0.194 e. The van der Waals surface area contributed by atoms with Gasteiger partial charge in [-0.3, -0.25) is 0 Å². The second-order valence-corrected chi connectivity index (χ2v) is 4.21. The van der Waals surface area contributed by atoms with Crippen LogP contribution in [0.3, 0.4) is 0 Å². The van der Waals surface area contributed by atoms with E-state index in [1.807, 2.05) is 10.8 Å². The lowest BCUT2D eigenvalue weighted by atomic mass is 10.1. The van der Waals surface area contributed by atoms with E-state index in [2.05, 4.69) is 34.6 Å². The Bertz CT molecular complexity index is 472. The predicted octanol–water partition coefficient (Wildman–Crippen LogP) is 0.860. The van der Waals surface area contributed by atoms with Crippen LogP contribution in [-0.4, -0.2) is 24.8 Å². The molecule has 0 aromatic carbocycles. The van der Waals surface area contributed by atoms with E-state index in [1.165, 1.54) is 4.80 Å². The molecule has 0 saturated heterocycles. The molecule has 6 nitrogen and oxygen atoms in total.